The van der Waals surface area contributed by atoms with Crippen LogP contribution in [0, 0.1) is 17.7 Å². The lowest BCUT2D eigenvalue weighted by molar-refractivity contribution is -0.144. The summed E-state index contributed by atoms with van der Waals surface area (Å²) in [7, 11) is -3.41. The smallest absolute Gasteiger partial charge is 0.307 e. The molecule has 0 aromatic heterocycles. The van der Waals surface area contributed by atoms with Gasteiger partial charge in [0.15, 0.2) is 9.84 Å². The van der Waals surface area contributed by atoms with E-state index >= 15 is 0 Å². The van der Waals surface area contributed by atoms with Crippen LogP contribution in [0.25, 0.3) is 0 Å². The molecule has 110 valence electrons. The predicted molar refractivity (Wildman–Crippen MR) is 69.4 cm³/mol. The van der Waals surface area contributed by atoms with Crippen LogP contribution in [-0.2, 0) is 21.1 Å². The molecule has 3 atom stereocenters. The summed E-state index contributed by atoms with van der Waals surface area (Å²) in [4.78, 5) is 11.3. The fourth-order valence-corrected chi connectivity index (χ4v) is 4.52. The van der Waals surface area contributed by atoms with E-state index in [0.717, 1.165) is 0 Å². The SMILES string of the molecule is O=C(O)C(Cc1cccc(F)c1)C1CS(=O)(=O)CC1O. The summed E-state index contributed by atoms with van der Waals surface area (Å²) >= 11 is 0. The van der Waals surface area contributed by atoms with E-state index in [1.165, 1.54) is 18.2 Å². The molecule has 1 fully saturated rings. The standard InChI is InChI=1S/C13H15FO5S/c14-9-3-1-2-8(4-9)5-10(13(16)17)11-6-20(18,19)7-12(11)15/h1-4,10-12,15H,5-7H2,(H,16,17). The summed E-state index contributed by atoms with van der Waals surface area (Å²) in [5.74, 6) is -4.34. The van der Waals surface area contributed by atoms with Crippen LogP contribution in [0.1, 0.15) is 5.56 Å². The summed E-state index contributed by atoms with van der Waals surface area (Å²) in [5.41, 5.74) is 0.467. The molecule has 1 saturated heterocycles. The predicted octanol–water partition coefficient (Wildman–Crippen LogP) is 0.475. The zero-order valence-corrected chi connectivity index (χ0v) is 11.4. The quantitative estimate of drug-likeness (QED) is 0.844. The molecule has 2 rings (SSSR count). The maximum absolute atomic E-state index is 13.1. The van der Waals surface area contributed by atoms with Gasteiger partial charge in [-0.25, -0.2) is 12.8 Å². The molecule has 0 saturated carbocycles. The molecule has 1 aromatic rings. The number of halogens is 1. The Morgan fingerprint density at radius 1 is 1.40 bits per heavy atom. The van der Waals surface area contributed by atoms with Gasteiger partial charge in [-0.2, -0.15) is 0 Å². The summed E-state index contributed by atoms with van der Waals surface area (Å²) in [6, 6.07) is 5.50. The number of hydrogen-bond donors (Lipinski definition) is 2. The monoisotopic (exact) mass is 302 g/mol. The van der Waals surface area contributed by atoms with E-state index in [1.54, 1.807) is 6.07 Å². The van der Waals surface area contributed by atoms with Crippen molar-refractivity contribution in [3.05, 3.63) is 35.6 Å². The molecule has 1 aliphatic rings. The van der Waals surface area contributed by atoms with E-state index in [0.29, 0.717) is 5.56 Å². The molecule has 20 heavy (non-hydrogen) atoms. The molecule has 5 nitrogen and oxygen atoms in total. The number of carboxylic acids is 1. The second kappa shape index (κ2) is 5.49. The molecule has 1 heterocycles. The summed E-state index contributed by atoms with van der Waals surface area (Å²) < 4.78 is 36.0. The van der Waals surface area contributed by atoms with Crippen LogP contribution in [-0.4, -0.2) is 42.2 Å². The van der Waals surface area contributed by atoms with Crippen LogP contribution in [0.3, 0.4) is 0 Å². The Bertz CT molecular complexity index is 613. The summed E-state index contributed by atoms with van der Waals surface area (Å²) in [6.07, 6.45) is -1.20. The molecule has 0 bridgehead atoms. The maximum atomic E-state index is 13.1. The molecule has 1 aromatic carbocycles. The minimum atomic E-state index is -3.41. The van der Waals surface area contributed by atoms with Gasteiger partial charge in [-0.05, 0) is 24.1 Å². The van der Waals surface area contributed by atoms with Gasteiger partial charge in [0.25, 0.3) is 0 Å². The van der Waals surface area contributed by atoms with Crippen molar-refractivity contribution in [3.63, 3.8) is 0 Å². The fraction of sp³-hybridized carbons (Fsp3) is 0.462. The third-order valence-electron chi connectivity index (χ3n) is 3.54. The normalized spacial score (nSPS) is 26.3. The van der Waals surface area contributed by atoms with Crippen LogP contribution in [0.15, 0.2) is 24.3 Å². The van der Waals surface area contributed by atoms with Crippen LogP contribution >= 0.6 is 0 Å². The Labute approximate surface area is 116 Å². The van der Waals surface area contributed by atoms with Crippen LogP contribution in [0.2, 0.25) is 0 Å². The highest BCUT2D eigenvalue weighted by Crippen LogP contribution is 2.29. The van der Waals surface area contributed by atoms with Crippen molar-refractivity contribution < 1.29 is 27.8 Å². The highest BCUT2D eigenvalue weighted by Gasteiger charge is 2.43. The molecule has 0 amide bonds. The van der Waals surface area contributed by atoms with Crippen molar-refractivity contribution >= 4 is 15.8 Å². The molecular weight excluding hydrogens is 287 g/mol. The topological polar surface area (TPSA) is 91.7 Å². The largest absolute Gasteiger partial charge is 0.481 e. The molecule has 0 spiro atoms. The number of carbonyl (C=O) groups is 1. The number of aliphatic hydroxyl groups excluding tert-OH is 1. The van der Waals surface area contributed by atoms with Gasteiger partial charge in [0.1, 0.15) is 5.82 Å². The Morgan fingerprint density at radius 3 is 2.60 bits per heavy atom. The number of aliphatic hydroxyl groups is 1. The number of sulfone groups is 1. The van der Waals surface area contributed by atoms with Crippen LogP contribution < -0.4 is 0 Å². The number of aliphatic carboxylic acids is 1. The minimum absolute atomic E-state index is 0.00958. The third kappa shape index (κ3) is 3.34. The van der Waals surface area contributed by atoms with Gasteiger partial charge in [0.2, 0.25) is 0 Å². The second-order valence-corrected chi connectivity index (χ2v) is 7.24. The number of hydrogen-bond acceptors (Lipinski definition) is 4. The highest BCUT2D eigenvalue weighted by molar-refractivity contribution is 7.91. The summed E-state index contributed by atoms with van der Waals surface area (Å²) in [5, 5.41) is 19.0. The van der Waals surface area contributed by atoms with Gasteiger partial charge >= 0.3 is 5.97 Å². The zero-order valence-electron chi connectivity index (χ0n) is 10.6. The molecule has 3 unspecified atom stereocenters. The van der Waals surface area contributed by atoms with Crippen LogP contribution in [0.4, 0.5) is 4.39 Å². The highest BCUT2D eigenvalue weighted by atomic mass is 32.2. The molecule has 2 N–H and O–H groups in total. The van der Waals surface area contributed by atoms with Crippen molar-refractivity contribution in [3.8, 4) is 0 Å². The average molecular weight is 302 g/mol. The summed E-state index contributed by atoms with van der Waals surface area (Å²) in [6.45, 7) is 0. The second-order valence-electron chi connectivity index (χ2n) is 5.09. The Balaban J connectivity index is 2.22. The van der Waals surface area contributed by atoms with E-state index in [-0.39, 0.29) is 12.2 Å². The lowest BCUT2D eigenvalue weighted by Gasteiger charge is -2.21. The minimum Gasteiger partial charge on any atom is -0.481 e. The Kier molecular flexibility index (Phi) is 4.10. The van der Waals surface area contributed by atoms with E-state index in [4.69, 9.17) is 0 Å². The van der Waals surface area contributed by atoms with Gasteiger partial charge in [-0.1, -0.05) is 12.1 Å². The first-order valence-corrected chi connectivity index (χ1v) is 7.96. The third-order valence-corrected chi connectivity index (χ3v) is 5.29. The van der Waals surface area contributed by atoms with Gasteiger partial charge < -0.3 is 10.2 Å². The molecule has 0 radical (unpaired) electrons. The Morgan fingerprint density at radius 2 is 2.10 bits per heavy atom. The van der Waals surface area contributed by atoms with Gasteiger partial charge in [0, 0.05) is 5.92 Å². The van der Waals surface area contributed by atoms with E-state index in [9.17, 15) is 27.8 Å². The lowest BCUT2D eigenvalue weighted by atomic mass is 9.85. The van der Waals surface area contributed by atoms with Crippen molar-refractivity contribution in [1.29, 1.82) is 0 Å². The molecule has 0 aliphatic carbocycles. The van der Waals surface area contributed by atoms with Crippen molar-refractivity contribution in [1.82, 2.24) is 0 Å². The molecular formula is C13H15FO5S. The Hall–Kier alpha value is -1.47. The van der Waals surface area contributed by atoms with Crippen molar-refractivity contribution in [2.45, 2.75) is 12.5 Å². The van der Waals surface area contributed by atoms with Gasteiger partial charge in [-0.3, -0.25) is 4.79 Å². The number of benzene rings is 1. The van der Waals surface area contributed by atoms with Gasteiger partial charge in [-0.15, -0.1) is 0 Å². The van der Waals surface area contributed by atoms with E-state index in [2.05, 4.69) is 0 Å². The maximum Gasteiger partial charge on any atom is 0.307 e. The number of carboxylic acid groups (broad SMARTS) is 1. The lowest BCUT2D eigenvalue weighted by Crippen LogP contribution is -2.33. The first-order valence-electron chi connectivity index (χ1n) is 6.14. The zero-order chi connectivity index (χ0) is 14.9. The van der Waals surface area contributed by atoms with Crippen molar-refractivity contribution in [2.24, 2.45) is 11.8 Å². The van der Waals surface area contributed by atoms with E-state index in [1.807, 2.05) is 0 Å². The fourth-order valence-electron chi connectivity index (χ4n) is 2.58. The van der Waals surface area contributed by atoms with Gasteiger partial charge in [0.05, 0.1) is 23.5 Å². The molecule has 7 heteroatoms. The first kappa shape index (κ1) is 14.9. The number of rotatable bonds is 4. The van der Waals surface area contributed by atoms with E-state index < -0.39 is 45.3 Å². The van der Waals surface area contributed by atoms with Crippen LogP contribution in [0.5, 0.6) is 0 Å². The van der Waals surface area contributed by atoms with Crippen molar-refractivity contribution in [2.75, 3.05) is 11.5 Å². The average Bonchev–Trinajstić information content (AvgIpc) is 2.59. The molecule has 1 aliphatic heterocycles. The first-order chi connectivity index (χ1) is 9.28.